The molecule has 1 heterocycles. The number of hydrogen-bond acceptors (Lipinski definition) is 3. The van der Waals surface area contributed by atoms with Crippen LogP contribution < -0.4 is 5.32 Å². The summed E-state index contributed by atoms with van der Waals surface area (Å²) >= 11 is 0. The second-order valence-corrected chi connectivity index (χ2v) is 7.64. The van der Waals surface area contributed by atoms with Crippen LogP contribution in [-0.2, 0) is 16.0 Å². The molecule has 0 aromatic heterocycles. The van der Waals surface area contributed by atoms with Gasteiger partial charge in [0.15, 0.2) is 0 Å². The van der Waals surface area contributed by atoms with Crippen LogP contribution in [-0.4, -0.2) is 23.4 Å². The Morgan fingerprint density at radius 3 is 2.12 bits per heavy atom. The number of carbonyl (C=O) groups excluding carboxylic acids is 2. The molecular formula is C20H22N2O2. The van der Waals surface area contributed by atoms with Crippen molar-refractivity contribution in [3.05, 3.63) is 42.0 Å². The number of amides is 2. The molecular weight excluding hydrogens is 300 g/mol. The van der Waals surface area contributed by atoms with Gasteiger partial charge in [0.2, 0.25) is 11.8 Å². The van der Waals surface area contributed by atoms with Gasteiger partial charge in [-0.1, -0.05) is 31.2 Å². The normalized spacial score (nSPS) is 38.3. The monoisotopic (exact) mass is 322 g/mol. The summed E-state index contributed by atoms with van der Waals surface area (Å²) in [6.45, 7) is 2.41. The number of hydrogen-bond donors (Lipinski definition) is 1. The number of rotatable bonds is 4. The van der Waals surface area contributed by atoms with Crippen LogP contribution in [0.15, 0.2) is 36.4 Å². The molecule has 1 aromatic carbocycles. The van der Waals surface area contributed by atoms with Gasteiger partial charge in [-0.05, 0) is 54.2 Å². The Hall–Kier alpha value is -2.10. The van der Waals surface area contributed by atoms with Crippen LogP contribution in [0.4, 0.5) is 5.69 Å². The minimum Gasteiger partial charge on any atom is -0.367 e. The van der Waals surface area contributed by atoms with Crippen LogP contribution in [0.2, 0.25) is 0 Å². The molecule has 6 atom stereocenters. The topological polar surface area (TPSA) is 49.4 Å². The van der Waals surface area contributed by atoms with E-state index in [2.05, 4.69) is 36.5 Å². The van der Waals surface area contributed by atoms with Crippen molar-refractivity contribution < 1.29 is 9.59 Å². The number of nitrogens with one attached hydrogen (secondary N) is 1. The van der Waals surface area contributed by atoms with Crippen LogP contribution in [0, 0.1) is 35.5 Å². The molecule has 1 saturated heterocycles. The van der Waals surface area contributed by atoms with Crippen molar-refractivity contribution in [3.8, 4) is 0 Å². The van der Waals surface area contributed by atoms with Crippen LogP contribution in [0.25, 0.3) is 0 Å². The molecule has 2 amide bonds. The number of aryl methyl sites for hydroxylation is 1. The van der Waals surface area contributed by atoms with Gasteiger partial charge in [0.25, 0.3) is 0 Å². The largest absolute Gasteiger partial charge is 0.367 e. The van der Waals surface area contributed by atoms with Crippen molar-refractivity contribution >= 4 is 17.5 Å². The van der Waals surface area contributed by atoms with E-state index in [1.807, 2.05) is 12.1 Å². The van der Waals surface area contributed by atoms with E-state index in [0.717, 1.165) is 12.1 Å². The molecule has 24 heavy (non-hydrogen) atoms. The van der Waals surface area contributed by atoms with Crippen molar-refractivity contribution in [1.29, 1.82) is 0 Å². The van der Waals surface area contributed by atoms with Crippen molar-refractivity contribution in [2.24, 2.45) is 35.5 Å². The first-order chi connectivity index (χ1) is 11.7. The Bertz CT molecular complexity index is 703. The van der Waals surface area contributed by atoms with Gasteiger partial charge in [-0.2, -0.15) is 0 Å². The van der Waals surface area contributed by atoms with E-state index in [-0.39, 0.29) is 30.3 Å². The molecule has 3 fully saturated rings. The molecule has 124 valence electrons. The van der Waals surface area contributed by atoms with Crippen LogP contribution in [0.5, 0.6) is 0 Å². The minimum absolute atomic E-state index is 0.0346. The van der Waals surface area contributed by atoms with Crippen molar-refractivity contribution in [2.45, 2.75) is 19.8 Å². The highest BCUT2D eigenvalue weighted by Crippen LogP contribution is 2.65. The zero-order chi connectivity index (χ0) is 16.4. The van der Waals surface area contributed by atoms with Gasteiger partial charge in [-0.3, -0.25) is 14.5 Å². The van der Waals surface area contributed by atoms with E-state index in [9.17, 15) is 9.59 Å². The van der Waals surface area contributed by atoms with Gasteiger partial charge in [-0.15, -0.1) is 0 Å². The van der Waals surface area contributed by atoms with Crippen LogP contribution in [0.1, 0.15) is 18.9 Å². The van der Waals surface area contributed by atoms with E-state index in [1.165, 1.54) is 16.9 Å². The predicted molar refractivity (Wildman–Crippen MR) is 90.9 cm³/mol. The molecule has 0 radical (unpaired) electrons. The zero-order valence-corrected chi connectivity index (χ0v) is 13.8. The predicted octanol–water partition coefficient (Wildman–Crippen LogP) is 2.67. The highest BCUT2D eigenvalue weighted by Gasteiger charge is 2.66. The number of likely N-dealkylation sites (tertiary alicyclic amines) is 1. The molecule has 4 heteroatoms. The Labute approximate surface area is 141 Å². The number of benzene rings is 1. The fourth-order valence-corrected chi connectivity index (χ4v) is 5.20. The third-order valence-corrected chi connectivity index (χ3v) is 6.56. The van der Waals surface area contributed by atoms with E-state index in [1.54, 1.807) is 0 Å². The third kappa shape index (κ3) is 1.86. The Kier molecular flexibility index (Phi) is 2.94. The molecule has 4 aliphatic carbocycles. The molecule has 1 aromatic rings. The van der Waals surface area contributed by atoms with Gasteiger partial charge < -0.3 is 5.32 Å². The molecule has 1 aliphatic heterocycles. The fourth-order valence-electron chi connectivity index (χ4n) is 5.20. The third-order valence-electron chi connectivity index (χ3n) is 6.56. The van der Waals surface area contributed by atoms with Gasteiger partial charge in [0.1, 0.15) is 0 Å². The summed E-state index contributed by atoms with van der Waals surface area (Å²) < 4.78 is 0. The average Bonchev–Trinajstić information content (AvgIpc) is 3.39. The maximum atomic E-state index is 12.9. The quantitative estimate of drug-likeness (QED) is 0.685. The first-order valence-electron chi connectivity index (χ1n) is 9.05. The smallest absolute Gasteiger partial charge is 0.235 e. The lowest BCUT2D eigenvalue weighted by atomic mass is 9.63. The number of allylic oxidation sites excluding steroid dienone is 2. The Morgan fingerprint density at radius 1 is 1.00 bits per heavy atom. The second-order valence-electron chi connectivity index (χ2n) is 7.64. The highest BCUT2D eigenvalue weighted by molar-refractivity contribution is 6.06. The molecule has 0 spiro atoms. The SMILES string of the molecule is CCc1ccc(NCN2C(=O)[C@@H]3[C@@H]4C=C[C@H]([C@@H]5C[C@@H]45)[C@@H]3C2=O)cc1. The Balaban J connectivity index is 1.33. The lowest BCUT2D eigenvalue weighted by molar-refractivity contribution is -0.139. The first kappa shape index (κ1) is 14.3. The van der Waals surface area contributed by atoms with E-state index in [0.29, 0.717) is 23.7 Å². The summed E-state index contributed by atoms with van der Waals surface area (Å²) in [4.78, 5) is 27.2. The number of nitrogens with zero attached hydrogens (tertiary/aromatic N) is 1. The van der Waals surface area contributed by atoms with Gasteiger partial charge in [-0.25, -0.2) is 0 Å². The summed E-state index contributed by atoms with van der Waals surface area (Å²) in [7, 11) is 0. The number of carbonyl (C=O) groups is 2. The maximum absolute atomic E-state index is 12.9. The van der Waals surface area contributed by atoms with Gasteiger partial charge in [0, 0.05) is 5.69 Å². The second kappa shape index (κ2) is 4.95. The maximum Gasteiger partial charge on any atom is 0.235 e. The molecule has 2 saturated carbocycles. The fraction of sp³-hybridized carbons (Fsp3) is 0.500. The lowest BCUT2D eigenvalue weighted by Gasteiger charge is -2.37. The van der Waals surface area contributed by atoms with Crippen LogP contribution >= 0.6 is 0 Å². The van der Waals surface area contributed by atoms with E-state index >= 15 is 0 Å². The van der Waals surface area contributed by atoms with Crippen molar-refractivity contribution in [1.82, 2.24) is 4.90 Å². The molecule has 1 N–H and O–H groups in total. The zero-order valence-electron chi connectivity index (χ0n) is 13.8. The Morgan fingerprint density at radius 2 is 1.58 bits per heavy atom. The molecule has 6 rings (SSSR count). The van der Waals surface area contributed by atoms with E-state index < -0.39 is 0 Å². The van der Waals surface area contributed by atoms with Crippen LogP contribution in [0.3, 0.4) is 0 Å². The standard InChI is InChI=1S/C20H22N2O2/c1-2-11-3-5-12(6-4-11)21-10-22-19(23)17-13-7-8-14(16-9-15(13)16)18(17)20(22)24/h3-8,13-18,21H,2,9-10H2,1H3/t13-,14-,15+,16+,17-,18+/m1/s1. The van der Waals surface area contributed by atoms with Crippen molar-refractivity contribution in [3.63, 3.8) is 0 Å². The average molecular weight is 322 g/mol. The number of anilines is 1. The first-order valence-corrected chi connectivity index (χ1v) is 9.05. The molecule has 2 bridgehead atoms. The van der Waals surface area contributed by atoms with Gasteiger partial charge in [0.05, 0.1) is 18.5 Å². The number of imide groups is 1. The van der Waals surface area contributed by atoms with E-state index in [4.69, 9.17) is 0 Å². The minimum atomic E-state index is -0.0967. The lowest BCUT2D eigenvalue weighted by Crippen LogP contribution is -2.40. The summed E-state index contributed by atoms with van der Waals surface area (Å²) in [5.41, 5.74) is 2.23. The molecule has 5 aliphatic rings. The van der Waals surface area contributed by atoms with Crippen molar-refractivity contribution in [2.75, 3.05) is 12.0 Å². The summed E-state index contributed by atoms with van der Waals surface area (Å²) in [6.07, 6.45) is 6.64. The molecule has 0 unspecified atom stereocenters. The summed E-state index contributed by atoms with van der Waals surface area (Å²) in [5.74, 6) is 1.80. The summed E-state index contributed by atoms with van der Waals surface area (Å²) in [6, 6.07) is 8.18. The highest BCUT2D eigenvalue weighted by atomic mass is 16.2. The molecule has 4 nitrogen and oxygen atoms in total. The summed E-state index contributed by atoms with van der Waals surface area (Å²) in [5, 5.41) is 3.24. The van der Waals surface area contributed by atoms with Gasteiger partial charge >= 0.3 is 0 Å².